The van der Waals surface area contributed by atoms with Gasteiger partial charge in [0.15, 0.2) is 0 Å². The van der Waals surface area contributed by atoms with Gasteiger partial charge in [0.1, 0.15) is 5.82 Å². The Kier molecular flexibility index (Phi) is 5.58. The van der Waals surface area contributed by atoms with E-state index in [0.717, 1.165) is 36.2 Å². The van der Waals surface area contributed by atoms with Crippen molar-refractivity contribution in [2.45, 2.75) is 50.8 Å². The Morgan fingerprint density at radius 1 is 1.35 bits per heavy atom. The molecule has 1 aromatic heterocycles. The first-order chi connectivity index (χ1) is 9.45. The Hall–Kier alpha value is -0.450. The lowest BCUT2D eigenvalue weighted by atomic mass is 10.2. The Morgan fingerprint density at radius 2 is 2.00 bits per heavy atom. The zero-order chi connectivity index (χ0) is 14.7. The van der Waals surface area contributed by atoms with Crippen LogP contribution in [-0.4, -0.2) is 34.6 Å². The average molecular weight is 314 g/mol. The van der Waals surface area contributed by atoms with Crippen LogP contribution in [0.5, 0.6) is 0 Å². The van der Waals surface area contributed by atoms with Crippen LogP contribution in [-0.2, 0) is 6.54 Å². The van der Waals surface area contributed by atoms with E-state index in [-0.39, 0.29) is 0 Å². The lowest BCUT2D eigenvalue weighted by Gasteiger charge is -2.35. The minimum absolute atomic E-state index is 0.433. The number of hydrogen-bond donors (Lipinski definition) is 1. The van der Waals surface area contributed by atoms with E-state index in [1.54, 1.807) is 0 Å². The van der Waals surface area contributed by atoms with E-state index in [1.807, 2.05) is 12.1 Å². The second-order valence-electron chi connectivity index (χ2n) is 5.80. The topological polar surface area (TPSA) is 28.2 Å². The molecular weight excluding hydrogens is 290 g/mol. The van der Waals surface area contributed by atoms with Crippen LogP contribution in [0.4, 0.5) is 5.82 Å². The maximum Gasteiger partial charge on any atom is 0.129 e. The van der Waals surface area contributed by atoms with Gasteiger partial charge in [-0.15, -0.1) is 0 Å². The molecule has 0 aromatic carbocycles. The first-order valence-electron chi connectivity index (χ1n) is 7.25. The fourth-order valence-electron chi connectivity index (χ4n) is 2.44. The molecule has 1 fully saturated rings. The minimum atomic E-state index is 0.433. The van der Waals surface area contributed by atoms with Crippen LogP contribution in [0.1, 0.15) is 33.4 Å². The molecule has 1 N–H and O–H groups in total. The van der Waals surface area contributed by atoms with Crippen LogP contribution < -0.4 is 10.2 Å². The summed E-state index contributed by atoms with van der Waals surface area (Å²) in [6, 6.07) is 4.44. The van der Waals surface area contributed by atoms with Crippen molar-refractivity contribution < 1.29 is 0 Å². The van der Waals surface area contributed by atoms with Crippen LogP contribution in [0, 0.1) is 0 Å². The third kappa shape index (κ3) is 4.27. The van der Waals surface area contributed by atoms with E-state index in [4.69, 9.17) is 16.6 Å². The van der Waals surface area contributed by atoms with Crippen LogP contribution in [0.25, 0.3) is 0 Å². The molecule has 0 bridgehead atoms. The quantitative estimate of drug-likeness (QED) is 0.920. The van der Waals surface area contributed by atoms with Gasteiger partial charge >= 0.3 is 0 Å². The number of nitrogens with one attached hydrogen (secondary N) is 1. The number of hydrogen-bond acceptors (Lipinski definition) is 4. The highest BCUT2D eigenvalue weighted by molar-refractivity contribution is 8.00. The monoisotopic (exact) mass is 313 g/mol. The highest BCUT2D eigenvalue weighted by atomic mass is 35.5. The molecule has 3 nitrogen and oxygen atoms in total. The van der Waals surface area contributed by atoms with Gasteiger partial charge in [-0.05, 0) is 12.1 Å². The van der Waals surface area contributed by atoms with E-state index < -0.39 is 0 Å². The van der Waals surface area contributed by atoms with Crippen molar-refractivity contribution in [2.75, 3.05) is 18.0 Å². The summed E-state index contributed by atoms with van der Waals surface area (Å²) >= 11 is 8.30. The molecule has 1 saturated heterocycles. The molecule has 1 aromatic rings. The standard InChI is InChI=1S/C15H24ClN3S/c1-10(2)17-7-14-13(16)5-6-15(18-14)19-8-11(3)20-12(4)9-19/h5-6,10-12,17H,7-9H2,1-4H3. The maximum absolute atomic E-state index is 6.25. The van der Waals surface area contributed by atoms with Crippen molar-refractivity contribution >= 4 is 29.2 Å². The molecule has 0 saturated carbocycles. The Balaban J connectivity index is 2.13. The summed E-state index contributed by atoms with van der Waals surface area (Å²) in [7, 11) is 0. The van der Waals surface area contributed by atoms with Gasteiger partial charge in [-0.2, -0.15) is 11.8 Å². The molecule has 0 spiro atoms. The normalized spacial score (nSPS) is 23.4. The Labute approximate surface area is 131 Å². The third-order valence-corrected chi connectivity index (χ3v) is 4.90. The smallest absolute Gasteiger partial charge is 0.129 e. The van der Waals surface area contributed by atoms with Gasteiger partial charge < -0.3 is 10.2 Å². The molecule has 2 unspecified atom stereocenters. The second kappa shape index (κ2) is 7.01. The fraction of sp³-hybridized carbons (Fsp3) is 0.667. The largest absolute Gasteiger partial charge is 0.354 e. The number of nitrogens with zero attached hydrogens (tertiary/aromatic N) is 2. The second-order valence-corrected chi connectivity index (χ2v) is 8.08. The fourth-order valence-corrected chi connectivity index (χ4v) is 3.94. The SMILES string of the molecule is CC(C)NCc1nc(N2CC(C)SC(C)C2)ccc1Cl. The van der Waals surface area contributed by atoms with Gasteiger partial charge in [0.05, 0.1) is 10.7 Å². The highest BCUT2D eigenvalue weighted by Gasteiger charge is 2.23. The van der Waals surface area contributed by atoms with Crippen LogP contribution in [0.3, 0.4) is 0 Å². The number of aromatic nitrogens is 1. The van der Waals surface area contributed by atoms with Gasteiger partial charge in [-0.3, -0.25) is 0 Å². The molecule has 0 radical (unpaired) electrons. The number of pyridine rings is 1. The minimum Gasteiger partial charge on any atom is -0.354 e. The molecule has 112 valence electrons. The van der Waals surface area contributed by atoms with Crippen molar-refractivity contribution in [3.05, 3.63) is 22.8 Å². The molecule has 2 atom stereocenters. The molecule has 0 aliphatic carbocycles. The summed E-state index contributed by atoms with van der Waals surface area (Å²) in [5.41, 5.74) is 0.941. The molecule has 5 heteroatoms. The van der Waals surface area contributed by atoms with E-state index >= 15 is 0 Å². The lowest BCUT2D eigenvalue weighted by Crippen LogP contribution is -2.41. The lowest BCUT2D eigenvalue weighted by molar-refractivity contribution is 0.580. The molecular formula is C15H24ClN3S. The van der Waals surface area contributed by atoms with Gasteiger partial charge in [0.25, 0.3) is 0 Å². The van der Waals surface area contributed by atoms with Crippen LogP contribution >= 0.6 is 23.4 Å². The first-order valence-corrected chi connectivity index (χ1v) is 8.57. The highest BCUT2D eigenvalue weighted by Crippen LogP contribution is 2.28. The maximum atomic E-state index is 6.25. The Morgan fingerprint density at radius 3 is 2.60 bits per heavy atom. The van der Waals surface area contributed by atoms with E-state index in [2.05, 4.69) is 49.7 Å². The van der Waals surface area contributed by atoms with Crippen LogP contribution in [0.15, 0.2) is 12.1 Å². The molecule has 1 aliphatic heterocycles. The molecule has 2 rings (SSSR count). The molecule has 20 heavy (non-hydrogen) atoms. The number of halogens is 1. The summed E-state index contributed by atoms with van der Waals surface area (Å²) in [4.78, 5) is 7.14. The predicted molar refractivity (Wildman–Crippen MR) is 90.0 cm³/mol. The zero-order valence-electron chi connectivity index (χ0n) is 12.7. The number of rotatable bonds is 4. The van der Waals surface area contributed by atoms with E-state index in [1.165, 1.54) is 0 Å². The zero-order valence-corrected chi connectivity index (χ0v) is 14.3. The van der Waals surface area contributed by atoms with Crippen molar-refractivity contribution in [3.63, 3.8) is 0 Å². The van der Waals surface area contributed by atoms with Crippen LogP contribution in [0.2, 0.25) is 5.02 Å². The summed E-state index contributed by atoms with van der Waals surface area (Å²) in [6.45, 7) is 11.7. The van der Waals surface area contributed by atoms with Gasteiger partial charge in [0.2, 0.25) is 0 Å². The molecule has 0 amide bonds. The van der Waals surface area contributed by atoms with Crippen molar-refractivity contribution in [1.82, 2.24) is 10.3 Å². The van der Waals surface area contributed by atoms with E-state index in [0.29, 0.717) is 16.5 Å². The van der Waals surface area contributed by atoms with Crippen molar-refractivity contribution in [3.8, 4) is 0 Å². The number of anilines is 1. The summed E-state index contributed by atoms with van der Waals surface area (Å²) in [5, 5.41) is 5.42. The van der Waals surface area contributed by atoms with E-state index in [9.17, 15) is 0 Å². The molecule has 1 aliphatic rings. The summed E-state index contributed by atoms with van der Waals surface area (Å²) in [5.74, 6) is 1.05. The van der Waals surface area contributed by atoms with Gasteiger partial charge in [-0.1, -0.05) is 39.3 Å². The Bertz CT molecular complexity index is 443. The first kappa shape index (κ1) is 15.9. The van der Waals surface area contributed by atoms with Gasteiger partial charge in [-0.25, -0.2) is 4.98 Å². The number of thioether (sulfide) groups is 1. The molecule has 2 heterocycles. The third-order valence-electron chi connectivity index (χ3n) is 3.33. The van der Waals surface area contributed by atoms with Crippen molar-refractivity contribution in [2.24, 2.45) is 0 Å². The average Bonchev–Trinajstić information content (AvgIpc) is 2.36. The summed E-state index contributed by atoms with van der Waals surface area (Å²) in [6.07, 6.45) is 0. The summed E-state index contributed by atoms with van der Waals surface area (Å²) < 4.78 is 0. The van der Waals surface area contributed by atoms with Gasteiger partial charge in [0, 0.05) is 36.2 Å². The van der Waals surface area contributed by atoms with Crippen molar-refractivity contribution in [1.29, 1.82) is 0 Å². The predicted octanol–water partition coefficient (Wildman–Crippen LogP) is 3.56.